The molecule has 0 heterocycles. The van der Waals surface area contributed by atoms with Gasteiger partial charge in [0.15, 0.2) is 0 Å². The van der Waals surface area contributed by atoms with Crippen molar-refractivity contribution in [3.05, 3.63) is 35.4 Å². The molecule has 0 radical (unpaired) electrons. The van der Waals surface area contributed by atoms with Gasteiger partial charge in [-0.15, -0.1) is 0 Å². The fraction of sp³-hybridized carbons (Fsp3) is 0.429. The Morgan fingerprint density at radius 1 is 1.26 bits per heavy atom. The first-order chi connectivity index (χ1) is 9.11. The molecule has 1 saturated carbocycles. The fourth-order valence-corrected chi connectivity index (χ4v) is 2.42. The topological polar surface area (TPSA) is 75.6 Å². The van der Waals surface area contributed by atoms with Gasteiger partial charge in [-0.05, 0) is 31.4 Å². The molecule has 2 unspecified atom stereocenters. The second-order valence-corrected chi connectivity index (χ2v) is 4.69. The zero-order chi connectivity index (χ0) is 13.8. The molecule has 2 N–H and O–H groups in total. The molecule has 0 bridgehead atoms. The second-order valence-electron chi connectivity index (χ2n) is 4.69. The number of rotatable bonds is 4. The van der Waals surface area contributed by atoms with Crippen LogP contribution >= 0.6 is 0 Å². The molecule has 2 rings (SSSR count). The lowest BCUT2D eigenvalue weighted by molar-refractivity contribution is 0.0690. The number of carboxylic acid groups (broad SMARTS) is 1. The van der Waals surface area contributed by atoms with E-state index in [-0.39, 0.29) is 29.2 Å². The van der Waals surface area contributed by atoms with Gasteiger partial charge in [0.2, 0.25) is 0 Å². The molecule has 102 valence electrons. The molecule has 0 saturated heterocycles. The molecule has 5 nitrogen and oxygen atoms in total. The summed E-state index contributed by atoms with van der Waals surface area (Å²) >= 11 is 0. The highest BCUT2D eigenvalue weighted by atomic mass is 16.5. The summed E-state index contributed by atoms with van der Waals surface area (Å²) in [5.41, 5.74) is 0.233. The summed E-state index contributed by atoms with van der Waals surface area (Å²) < 4.78 is 5.25. The molecule has 0 aromatic heterocycles. The maximum Gasteiger partial charge on any atom is 0.336 e. The second kappa shape index (κ2) is 5.84. The van der Waals surface area contributed by atoms with Gasteiger partial charge in [-0.1, -0.05) is 12.1 Å². The molecule has 0 aliphatic heterocycles. The lowest BCUT2D eigenvalue weighted by Gasteiger charge is -2.14. The van der Waals surface area contributed by atoms with E-state index in [0.29, 0.717) is 0 Å². The molecule has 19 heavy (non-hydrogen) atoms. The van der Waals surface area contributed by atoms with E-state index in [9.17, 15) is 9.59 Å². The Labute approximate surface area is 111 Å². The van der Waals surface area contributed by atoms with Crippen LogP contribution in [0, 0.1) is 0 Å². The Bertz CT molecular complexity index is 486. The number of aromatic carboxylic acids is 1. The predicted octanol–water partition coefficient (Wildman–Crippen LogP) is 1.68. The Balaban J connectivity index is 2.06. The average molecular weight is 263 g/mol. The van der Waals surface area contributed by atoms with Crippen molar-refractivity contribution < 1.29 is 19.4 Å². The van der Waals surface area contributed by atoms with E-state index in [1.807, 2.05) is 0 Å². The lowest BCUT2D eigenvalue weighted by atomic mass is 10.1. The van der Waals surface area contributed by atoms with Crippen molar-refractivity contribution in [1.82, 2.24) is 5.32 Å². The molecule has 1 aliphatic rings. The standard InChI is InChI=1S/C14H17NO4/c1-19-10-7-6-9(8-10)15-13(16)11-4-2-3-5-12(11)14(17)18/h2-5,9-10H,6-8H2,1H3,(H,15,16)(H,17,18). The van der Waals surface area contributed by atoms with E-state index < -0.39 is 5.97 Å². The summed E-state index contributed by atoms with van der Waals surface area (Å²) in [6.45, 7) is 0. The maximum absolute atomic E-state index is 12.1. The van der Waals surface area contributed by atoms with Gasteiger partial charge in [-0.2, -0.15) is 0 Å². The Kier molecular flexibility index (Phi) is 4.16. The van der Waals surface area contributed by atoms with Crippen LogP contribution in [0.4, 0.5) is 0 Å². The van der Waals surface area contributed by atoms with Crippen molar-refractivity contribution in [3.63, 3.8) is 0 Å². The number of hydrogen-bond donors (Lipinski definition) is 2. The van der Waals surface area contributed by atoms with Crippen molar-refractivity contribution in [3.8, 4) is 0 Å². The molecular weight excluding hydrogens is 246 g/mol. The summed E-state index contributed by atoms with van der Waals surface area (Å²) in [4.78, 5) is 23.2. The Hall–Kier alpha value is -1.88. The molecule has 0 spiro atoms. The number of carbonyl (C=O) groups is 2. The molecule has 1 aromatic carbocycles. The summed E-state index contributed by atoms with van der Waals surface area (Å²) in [5.74, 6) is -1.42. The summed E-state index contributed by atoms with van der Waals surface area (Å²) in [6, 6.07) is 6.29. The minimum absolute atomic E-state index is 0.0290. The number of benzene rings is 1. The molecule has 1 aromatic rings. The number of methoxy groups -OCH3 is 1. The number of carbonyl (C=O) groups excluding carboxylic acids is 1. The Morgan fingerprint density at radius 3 is 2.53 bits per heavy atom. The third-order valence-corrected chi connectivity index (χ3v) is 3.46. The summed E-state index contributed by atoms with van der Waals surface area (Å²) in [5, 5.41) is 11.9. The van der Waals surface area contributed by atoms with Gasteiger partial charge in [0.05, 0.1) is 17.2 Å². The highest BCUT2D eigenvalue weighted by Crippen LogP contribution is 2.22. The van der Waals surface area contributed by atoms with Gasteiger partial charge in [0.25, 0.3) is 5.91 Å². The van der Waals surface area contributed by atoms with E-state index in [0.717, 1.165) is 19.3 Å². The molecule has 1 amide bonds. The van der Waals surface area contributed by atoms with Gasteiger partial charge in [0.1, 0.15) is 0 Å². The van der Waals surface area contributed by atoms with E-state index in [2.05, 4.69) is 5.32 Å². The summed E-state index contributed by atoms with van der Waals surface area (Å²) in [7, 11) is 1.66. The third-order valence-electron chi connectivity index (χ3n) is 3.46. The highest BCUT2D eigenvalue weighted by molar-refractivity contribution is 6.04. The number of nitrogens with one attached hydrogen (secondary N) is 1. The van der Waals surface area contributed by atoms with Crippen LogP contribution < -0.4 is 5.32 Å². The number of amides is 1. The normalized spacial score (nSPS) is 22.2. The quantitative estimate of drug-likeness (QED) is 0.866. The Morgan fingerprint density at radius 2 is 1.95 bits per heavy atom. The summed E-state index contributed by atoms with van der Waals surface area (Å²) in [6.07, 6.45) is 2.74. The van der Waals surface area contributed by atoms with Gasteiger partial charge < -0.3 is 15.2 Å². The average Bonchev–Trinajstić information content (AvgIpc) is 2.86. The first-order valence-corrected chi connectivity index (χ1v) is 6.27. The third kappa shape index (κ3) is 3.12. The van der Waals surface area contributed by atoms with Gasteiger partial charge in [-0.3, -0.25) is 4.79 Å². The minimum Gasteiger partial charge on any atom is -0.478 e. The number of carboxylic acids is 1. The van der Waals surface area contributed by atoms with E-state index in [1.165, 1.54) is 12.1 Å². The van der Waals surface area contributed by atoms with Crippen LogP contribution in [0.15, 0.2) is 24.3 Å². The zero-order valence-electron chi connectivity index (χ0n) is 10.8. The molecule has 5 heteroatoms. The predicted molar refractivity (Wildman–Crippen MR) is 69.3 cm³/mol. The van der Waals surface area contributed by atoms with Crippen LogP contribution in [0.25, 0.3) is 0 Å². The van der Waals surface area contributed by atoms with Crippen LogP contribution in [0.3, 0.4) is 0 Å². The number of ether oxygens (including phenoxy) is 1. The first kappa shape index (κ1) is 13.5. The van der Waals surface area contributed by atoms with Crippen LogP contribution in [0.2, 0.25) is 0 Å². The first-order valence-electron chi connectivity index (χ1n) is 6.27. The van der Waals surface area contributed by atoms with Gasteiger partial charge in [-0.25, -0.2) is 4.79 Å². The van der Waals surface area contributed by atoms with E-state index >= 15 is 0 Å². The number of hydrogen-bond acceptors (Lipinski definition) is 3. The van der Waals surface area contributed by atoms with Gasteiger partial charge >= 0.3 is 5.97 Å². The minimum atomic E-state index is -1.09. The molecule has 2 atom stereocenters. The lowest BCUT2D eigenvalue weighted by Crippen LogP contribution is -2.34. The molecule has 1 fully saturated rings. The van der Waals surface area contributed by atoms with Crippen molar-refractivity contribution in [1.29, 1.82) is 0 Å². The van der Waals surface area contributed by atoms with Crippen LogP contribution in [-0.4, -0.2) is 36.2 Å². The van der Waals surface area contributed by atoms with Crippen molar-refractivity contribution >= 4 is 11.9 Å². The van der Waals surface area contributed by atoms with Crippen molar-refractivity contribution in [2.24, 2.45) is 0 Å². The van der Waals surface area contributed by atoms with Crippen molar-refractivity contribution in [2.75, 3.05) is 7.11 Å². The fourth-order valence-electron chi connectivity index (χ4n) is 2.42. The molecule has 1 aliphatic carbocycles. The SMILES string of the molecule is COC1CCC(NC(=O)c2ccccc2C(=O)O)C1. The van der Waals surface area contributed by atoms with Crippen LogP contribution in [-0.2, 0) is 4.74 Å². The molecular formula is C14H17NO4. The van der Waals surface area contributed by atoms with E-state index in [4.69, 9.17) is 9.84 Å². The van der Waals surface area contributed by atoms with Gasteiger partial charge in [0, 0.05) is 13.2 Å². The highest BCUT2D eigenvalue weighted by Gasteiger charge is 2.26. The largest absolute Gasteiger partial charge is 0.478 e. The monoisotopic (exact) mass is 263 g/mol. The van der Waals surface area contributed by atoms with E-state index in [1.54, 1.807) is 19.2 Å². The zero-order valence-corrected chi connectivity index (χ0v) is 10.8. The maximum atomic E-state index is 12.1. The van der Waals surface area contributed by atoms with Crippen LogP contribution in [0.5, 0.6) is 0 Å². The van der Waals surface area contributed by atoms with Crippen LogP contribution in [0.1, 0.15) is 40.0 Å². The van der Waals surface area contributed by atoms with Crippen molar-refractivity contribution in [2.45, 2.75) is 31.4 Å². The smallest absolute Gasteiger partial charge is 0.336 e.